The fraction of sp³-hybridized carbons (Fsp3) is 0.238. The van der Waals surface area contributed by atoms with Gasteiger partial charge in [0.1, 0.15) is 0 Å². The Hall–Kier alpha value is -2.97. The third-order valence-corrected chi connectivity index (χ3v) is 4.99. The van der Waals surface area contributed by atoms with E-state index < -0.39 is 23.6 Å². The van der Waals surface area contributed by atoms with E-state index >= 15 is 0 Å². The summed E-state index contributed by atoms with van der Waals surface area (Å²) in [4.78, 5) is 27.2. The number of nitrogens with zero attached hydrogens (tertiary/aromatic N) is 1. The van der Waals surface area contributed by atoms with Crippen molar-refractivity contribution in [3.05, 3.63) is 76.0 Å². The minimum absolute atomic E-state index is 0.0920. The van der Waals surface area contributed by atoms with E-state index in [-0.39, 0.29) is 30.4 Å². The van der Waals surface area contributed by atoms with Gasteiger partial charge < -0.3 is 15.4 Å². The maximum absolute atomic E-state index is 13.6. The van der Waals surface area contributed by atoms with Crippen molar-refractivity contribution >= 4 is 29.2 Å². The Labute approximate surface area is 177 Å². The molecule has 0 aliphatic carbocycles. The largest absolute Gasteiger partial charge is 0.383 e. The molecule has 0 fully saturated rings. The highest BCUT2D eigenvalue weighted by Gasteiger charge is 2.35. The lowest BCUT2D eigenvalue weighted by molar-refractivity contribution is -0.113. The molecule has 6 nitrogen and oxygen atoms in total. The molecule has 9 heteroatoms. The van der Waals surface area contributed by atoms with Gasteiger partial charge in [-0.3, -0.25) is 9.69 Å². The number of halogens is 3. The van der Waals surface area contributed by atoms with Gasteiger partial charge in [-0.05, 0) is 36.8 Å². The molecule has 2 aromatic rings. The predicted octanol–water partition coefficient (Wildman–Crippen LogP) is 4.24. The Bertz CT molecular complexity index is 995. The molecule has 0 bridgehead atoms. The van der Waals surface area contributed by atoms with Crippen molar-refractivity contribution < 1.29 is 23.1 Å². The first-order valence-electron chi connectivity index (χ1n) is 9.11. The summed E-state index contributed by atoms with van der Waals surface area (Å²) >= 11 is 5.96. The number of allylic oxidation sites excluding steroid dienone is 1. The highest BCUT2D eigenvalue weighted by molar-refractivity contribution is 6.30. The maximum Gasteiger partial charge on any atom is 0.322 e. The van der Waals surface area contributed by atoms with Crippen LogP contribution in [0.15, 0.2) is 53.7 Å². The number of amides is 3. The zero-order valence-electron chi connectivity index (χ0n) is 16.3. The molecule has 0 saturated heterocycles. The van der Waals surface area contributed by atoms with E-state index in [2.05, 4.69) is 10.6 Å². The van der Waals surface area contributed by atoms with Crippen molar-refractivity contribution in [1.29, 1.82) is 0 Å². The van der Waals surface area contributed by atoms with Gasteiger partial charge in [-0.1, -0.05) is 23.7 Å². The van der Waals surface area contributed by atoms with E-state index in [0.717, 1.165) is 12.1 Å². The maximum atomic E-state index is 13.6. The van der Waals surface area contributed by atoms with E-state index in [0.29, 0.717) is 16.3 Å². The highest BCUT2D eigenvalue weighted by Crippen LogP contribution is 2.32. The zero-order valence-corrected chi connectivity index (χ0v) is 17.1. The number of methoxy groups -OCH3 is 1. The van der Waals surface area contributed by atoms with Crippen LogP contribution in [-0.4, -0.2) is 37.1 Å². The van der Waals surface area contributed by atoms with Crippen molar-refractivity contribution in [3.8, 4) is 0 Å². The van der Waals surface area contributed by atoms with Crippen molar-refractivity contribution in [3.63, 3.8) is 0 Å². The monoisotopic (exact) mass is 435 g/mol. The second-order valence-corrected chi connectivity index (χ2v) is 7.10. The van der Waals surface area contributed by atoms with Crippen LogP contribution in [0.5, 0.6) is 0 Å². The molecule has 2 aromatic carbocycles. The fourth-order valence-corrected chi connectivity index (χ4v) is 3.33. The molecule has 1 unspecified atom stereocenters. The summed E-state index contributed by atoms with van der Waals surface area (Å²) in [5.74, 6) is -2.65. The standard InChI is InChI=1S/C21H20ClF2N3O3/c1-12-18(20(28)25-15-7-8-16(23)17(24)11-15)19(13-3-5-14(22)6-4-13)26-21(29)27(12)9-10-30-2/h3-8,11,19H,9-10H2,1-2H3,(H,25,28)(H,26,29). The lowest BCUT2D eigenvalue weighted by Crippen LogP contribution is -2.49. The molecule has 0 radical (unpaired) electrons. The number of carbonyl (C=O) groups excluding carboxylic acids is 2. The van der Waals surface area contributed by atoms with Crippen molar-refractivity contribution in [1.82, 2.24) is 10.2 Å². The molecule has 3 rings (SSSR count). The first kappa shape index (κ1) is 21.7. The molecule has 1 heterocycles. The van der Waals surface area contributed by atoms with E-state index in [1.165, 1.54) is 18.1 Å². The molecule has 0 saturated carbocycles. The van der Waals surface area contributed by atoms with E-state index in [1.807, 2.05) is 0 Å². The Morgan fingerprint density at radius 1 is 1.20 bits per heavy atom. The summed E-state index contributed by atoms with van der Waals surface area (Å²) in [5, 5.41) is 5.90. The second kappa shape index (κ2) is 9.23. The quantitative estimate of drug-likeness (QED) is 0.712. The minimum atomic E-state index is -1.08. The summed E-state index contributed by atoms with van der Waals surface area (Å²) in [6.45, 7) is 2.16. The van der Waals surface area contributed by atoms with Crippen molar-refractivity contribution in [2.24, 2.45) is 0 Å². The van der Waals surface area contributed by atoms with Crippen molar-refractivity contribution in [2.45, 2.75) is 13.0 Å². The van der Waals surface area contributed by atoms with E-state index in [1.54, 1.807) is 31.2 Å². The van der Waals surface area contributed by atoms with Crippen LogP contribution in [-0.2, 0) is 9.53 Å². The minimum Gasteiger partial charge on any atom is -0.383 e. The van der Waals surface area contributed by atoms with E-state index in [4.69, 9.17) is 16.3 Å². The Kier molecular flexibility index (Phi) is 6.69. The molecule has 30 heavy (non-hydrogen) atoms. The third-order valence-electron chi connectivity index (χ3n) is 4.74. The highest BCUT2D eigenvalue weighted by atomic mass is 35.5. The van der Waals surface area contributed by atoms with Gasteiger partial charge in [-0.15, -0.1) is 0 Å². The van der Waals surface area contributed by atoms with Crippen LogP contribution < -0.4 is 10.6 Å². The zero-order chi connectivity index (χ0) is 21.8. The van der Waals surface area contributed by atoms with E-state index in [9.17, 15) is 18.4 Å². The molecular formula is C21H20ClF2N3O3. The van der Waals surface area contributed by atoms with Gasteiger partial charge in [0.25, 0.3) is 5.91 Å². The average molecular weight is 436 g/mol. The molecular weight excluding hydrogens is 416 g/mol. The first-order valence-corrected chi connectivity index (χ1v) is 9.49. The second-order valence-electron chi connectivity index (χ2n) is 6.66. The number of hydrogen-bond acceptors (Lipinski definition) is 3. The molecule has 3 amide bonds. The average Bonchev–Trinajstić information content (AvgIpc) is 2.70. The van der Waals surface area contributed by atoms with Crippen LogP contribution in [0.3, 0.4) is 0 Å². The smallest absolute Gasteiger partial charge is 0.322 e. The van der Waals surface area contributed by atoms with Gasteiger partial charge in [-0.2, -0.15) is 0 Å². The summed E-state index contributed by atoms with van der Waals surface area (Å²) in [6.07, 6.45) is 0. The lowest BCUT2D eigenvalue weighted by Gasteiger charge is -2.35. The van der Waals surface area contributed by atoms with Crippen LogP contribution in [0.4, 0.5) is 19.3 Å². The Morgan fingerprint density at radius 2 is 1.90 bits per heavy atom. The molecule has 0 aromatic heterocycles. The van der Waals surface area contributed by atoms with Crippen LogP contribution in [0.1, 0.15) is 18.5 Å². The van der Waals surface area contributed by atoms with Crippen LogP contribution in [0, 0.1) is 11.6 Å². The first-order chi connectivity index (χ1) is 14.3. The van der Waals surface area contributed by atoms with Crippen LogP contribution in [0.25, 0.3) is 0 Å². The van der Waals surface area contributed by atoms with Gasteiger partial charge >= 0.3 is 6.03 Å². The SMILES string of the molecule is COCCN1C(=O)NC(c2ccc(Cl)cc2)C(C(=O)Nc2ccc(F)c(F)c2)=C1C. The van der Waals surface area contributed by atoms with Gasteiger partial charge in [-0.25, -0.2) is 13.6 Å². The van der Waals surface area contributed by atoms with Gasteiger partial charge in [0.05, 0.1) is 24.8 Å². The number of ether oxygens (including phenoxy) is 1. The van der Waals surface area contributed by atoms with Gasteiger partial charge in [0.15, 0.2) is 11.6 Å². The molecule has 1 aliphatic heterocycles. The summed E-state index contributed by atoms with van der Waals surface area (Å²) < 4.78 is 31.8. The Balaban J connectivity index is 2.00. The van der Waals surface area contributed by atoms with Crippen LogP contribution >= 0.6 is 11.6 Å². The number of anilines is 1. The molecule has 1 atom stereocenters. The van der Waals surface area contributed by atoms with Crippen molar-refractivity contribution in [2.75, 3.05) is 25.6 Å². The number of nitrogens with one attached hydrogen (secondary N) is 2. The molecule has 1 aliphatic rings. The summed E-state index contributed by atoms with van der Waals surface area (Å²) in [6, 6.07) is 8.66. The molecule has 2 N–H and O–H groups in total. The summed E-state index contributed by atoms with van der Waals surface area (Å²) in [7, 11) is 1.51. The predicted molar refractivity (Wildman–Crippen MR) is 109 cm³/mol. The fourth-order valence-electron chi connectivity index (χ4n) is 3.20. The number of carbonyl (C=O) groups is 2. The normalized spacial score (nSPS) is 16.5. The number of hydrogen-bond donors (Lipinski definition) is 2. The van der Waals surface area contributed by atoms with Gasteiger partial charge in [0, 0.05) is 29.6 Å². The number of benzene rings is 2. The molecule has 0 spiro atoms. The summed E-state index contributed by atoms with van der Waals surface area (Å²) in [5.41, 5.74) is 1.43. The Morgan fingerprint density at radius 3 is 2.53 bits per heavy atom. The van der Waals surface area contributed by atoms with Crippen LogP contribution in [0.2, 0.25) is 5.02 Å². The number of urea groups is 1. The number of rotatable bonds is 6. The van der Waals surface area contributed by atoms with Gasteiger partial charge in [0.2, 0.25) is 0 Å². The third kappa shape index (κ3) is 4.60. The molecule has 158 valence electrons. The lowest BCUT2D eigenvalue weighted by atomic mass is 9.94. The topological polar surface area (TPSA) is 70.7 Å².